The zero-order valence-corrected chi connectivity index (χ0v) is 50.7. The van der Waals surface area contributed by atoms with Gasteiger partial charge in [0, 0.05) is 11.4 Å². The highest BCUT2D eigenvalue weighted by atomic mass is 32.2. The van der Waals surface area contributed by atoms with Crippen molar-refractivity contribution in [2.75, 3.05) is 6.16 Å². The molecule has 0 aromatic heterocycles. The van der Waals surface area contributed by atoms with Gasteiger partial charge in [0.2, 0.25) is 0 Å². The molecule has 0 radical (unpaired) electrons. The molecule has 0 heterocycles. The van der Waals surface area contributed by atoms with Crippen molar-refractivity contribution < 1.29 is 42.2 Å². The molecule has 1 saturated carbocycles. The first-order valence-corrected chi connectivity index (χ1v) is 33.8. The van der Waals surface area contributed by atoms with E-state index in [0.29, 0.717) is 39.5 Å². The van der Waals surface area contributed by atoms with Crippen LogP contribution in [0.1, 0.15) is 189 Å². The monoisotopic (exact) mass is 1150 g/mol. The van der Waals surface area contributed by atoms with Gasteiger partial charge in [-0.25, -0.2) is 0 Å². The van der Waals surface area contributed by atoms with Crippen LogP contribution in [0.15, 0.2) is 164 Å². The molecule has 1 fully saturated rings. The minimum Gasteiger partial charge on any atom is -0.368 e. The van der Waals surface area contributed by atoms with Gasteiger partial charge < -0.3 is 37.7 Å². The lowest BCUT2D eigenvalue weighted by molar-refractivity contribution is -0.277. The van der Waals surface area contributed by atoms with E-state index in [-0.39, 0.29) is 11.4 Å². The van der Waals surface area contributed by atoms with Gasteiger partial charge in [0.15, 0.2) is 0 Å². The van der Waals surface area contributed by atoms with E-state index in [2.05, 4.69) is 140 Å². The van der Waals surface area contributed by atoms with Crippen LogP contribution in [0.25, 0.3) is 0 Å². The van der Waals surface area contributed by atoms with Crippen molar-refractivity contribution in [3.8, 4) is 0 Å². The van der Waals surface area contributed by atoms with Crippen molar-refractivity contribution in [1.29, 1.82) is 0 Å². The van der Waals surface area contributed by atoms with Crippen LogP contribution in [0, 0.1) is 0 Å². The number of unbranched alkanes of at least 4 members (excludes halogenated alkanes) is 19. The fraction of sp³-hybridized carbons (Fsp3) is 0.543. The van der Waals surface area contributed by atoms with Crippen LogP contribution in [0.5, 0.6) is 0 Å². The summed E-state index contributed by atoms with van der Waals surface area (Å²) in [5.74, 6) is 0. The first-order chi connectivity index (χ1) is 39.9. The van der Waals surface area contributed by atoms with Crippen LogP contribution in [0.3, 0.4) is 0 Å². The fourth-order valence-electron chi connectivity index (χ4n) is 10.8. The number of hydrogen-bond donors (Lipinski definition) is 2. The Morgan fingerprint density at radius 1 is 0.383 bits per heavy atom. The highest BCUT2D eigenvalue weighted by molar-refractivity contribution is 7.95. The molecule has 7 atom stereocenters. The molecular formula is C70H99O9PS. The van der Waals surface area contributed by atoms with Crippen molar-refractivity contribution in [2.24, 2.45) is 0 Å². The van der Waals surface area contributed by atoms with Gasteiger partial charge in [0.05, 0.1) is 33.0 Å². The van der Waals surface area contributed by atoms with Crippen molar-refractivity contribution in [3.05, 3.63) is 192 Å². The van der Waals surface area contributed by atoms with Crippen LogP contribution in [0.2, 0.25) is 0 Å². The predicted octanol–water partition coefficient (Wildman–Crippen LogP) is 18.4. The molecule has 11 heteroatoms. The minimum atomic E-state index is -3.87. The highest BCUT2D eigenvalue weighted by Crippen LogP contribution is 2.40. The van der Waals surface area contributed by atoms with Crippen molar-refractivity contribution in [1.82, 2.24) is 0 Å². The molecule has 5 aromatic carbocycles. The van der Waals surface area contributed by atoms with Gasteiger partial charge in [-0.2, -0.15) is 0 Å². The van der Waals surface area contributed by atoms with Gasteiger partial charge in [-0.05, 0) is 84.8 Å². The number of ether oxygens (including phenoxy) is 5. The topological polar surface area (TPSA) is 113 Å². The van der Waals surface area contributed by atoms with E-state index in [9.17, 15) is 4.57 Å². The van der Waals surface area contributed by atoms with Gasteiger partial charge in [-0.3, -0.25) is 4.57 Å². The first-order valence-electron chi connectivity index (χ1n) is 31.2. The molecule has 6 rings (SSSR count). The zero-order chi connectivity index (χ0) is 56.7. The normalized spacial score (nSPS) is 18.9. The molecule has 1 aliphatic carbocycles. The maximum absolute atomic E-state index is 11.1. The third-order valence-electron chi connectivity index (χ3n) is 15.4. The lowest BCUT2D eigenvalue weighted by Gasteiger charge is -2.49. The minimum absolute atomic E-state index is 0.00851. The second kappa shape index (κ2) is 41.2. The van der Waals surface area contributed by atoms with E-state index >= 15 is 0 Å². The van der Waals surface area contributed by atoms with E-state index in [4.69, 9.17) is 37.7 Å². The first kappa shape index (κ1) is 66.2. The maximum atomic E-state index is 11.1. The smallest absolute Gasteiger partial charge is 0.325 e. The quantitative estimate of drug-likeness (QED) is 0.0169. The molecule has 0 bridgehead atoms. The summed E-state index contributed by atoms with van der Waals surface area (Å²) in [4.78, 5) is 18.2. The Bertz CT molecular complexity index is 2260. The Balaban J connectivity index is 1.21. The summed E-state index contributed by atoms with van der Waals surface area (Å²) in [6.07, 6.45) is 29.2. The van der Waals surface area contributed by atoms with Gasteiger partial charge in [-0.1, -0.05) is 280 Å². The molecule has 0 aliphatic heterocycles. The van der Waals surface area contributed by atoms with Crippen LogP contribution < -0.4 is 0 Å². The molecule has 0 saturated heterocycles. The van der Waals surface area contributed by atoms with Gasteiger partial charge >= 0.3 is 7.60 Å². The fourth-order valence-corrected chi connectivity index (χ4v) is 12.4. The number of hydrogen-bond acceptors (Lipinski definition) is 8. The van der Waals surface area contributed by atoms with Gasteiger partial charge in [0.1, 0.15) is 36.6 Å². The number of allylic oxidation sites excluding steroid dienone is 2. The van der Waals surface area contributed by atoms with E-state index in [0.717, 1.165) is 79.2 Å². The largest absolute Gasteiger partial charge is 0.368 e. The van der Waals surface area contributed by atoms with E-state index in [1.54, 1.807) is 12.0 Å². The standard InChI is InChI=1S/C70H99O9PS/c1-2-3-4-5-6-7-14-17-20-38-51-64(52-39-21-18-15-12-10-8-9-11-13-16-19-22-40-53-80(71,72)73)81-79-70-68(77-57-62-47-34-26-35-48-62)66(75-55-60-43-30-24-31-44-60)65(74-54-59-41-28-23-29-42-59)67(76-56-61-45-32-25-33-46-61)69(70)78-58-63-49-36-27-37-50-63/h8,10,23-37,41-50,64-70H,2-7,9,11-22,38-40,51-58H2,1H3,(H2,71,72,73)/b10-8-/t64?,65-,66-,67+,68-,69-,70-/m0/s1. The zero-order valence-electron chi connectivity index (χ0n) is 49.0. The van der Waals surface area contributed by atoms with E-state index in [1.807, 2.05) is 30.3 Å². The number of benzene rings is 5. The maximum Gasteiger partial charge on any atom is 0.325 e. The third kappa shape index (κ3) is 28.0. The van der Waals surface area contributed by atoms with Crippen molar-refractivity contribution in [3.63, 3.8) is 0 Å². The Hall–Kier alpha value is -3.90. The average molecular weight is 1150 g/mol. The molecule has 444 valence electrons. The Kier molecular flexibility index (Phi) is 33.7. The summed E-state index contributed by atoms with van der Waals surface area (Å²) >= 11 is 1.64. The molecule has 5 aromatic rings. The number of rotatable bonds is 45. The van der Waals surface area contributed by atoms with Gasteiger partial charge in [-0.15, -0.1) is 0 Å². The molecule has 1 unspecified atom stereocenters. The predicted molar refractivity (Wildman–Crippen MR) is 334 cm³/mol. The lowest BCUT2D eigenvalue weighted by Crippen LogP contribution is -2.67. The lowest BCUT2D eigenvalue weighted by atomic mass is 9.83. The van der Waals surface area contributed by atoms with Crippen LogP contribution >= 0.6 is 19.6 Å². The van der Waals surface area contributed by atoms with E-state index in [1.165, 1.54) is 96.3 Å². The SMILES string of the molecule is CCCCCCCCCCCCC(CCCCCC/C=C\CCCCCCCCP(=O)(O)O)SO[C@@H]1[C@@H](OCc2ccccc2)[C@H](OCc2ccccc2)[C@@H](OCc2ccccc2)[C@H](OCc2ccccc2)[C@@H]1OCc1ccccc1. The molecule has 0 amide bonds. The highest BCUT2D eigenvalue weighted by Gasteiger charge is 2.55. The molecular weight excluding hydrogens is 1050 g/mol. The van der Waals surface area contributed by atoms with Crippen LogP contribution in [0.4, 0.5) is 0 Å². The average Bonchev–Trinajstić information content (AvgIpc) is 3.66. The second-order valence-corrected chi connectivity index (χ2v) is 25.1. The summed E-state index contributed by atoms with van der Waals surface area (Å²) in [7, 11) is -3.87. The third-order valence-corrected chi connectivity index (χ3v) is 17.4. The summed E-state index contributed by atoms with van der Waals surface area (Å²) < 4.78 is 54.7. The Morgan fingerprint density at radius 2 is 0.654 bits per heavy atom. The Morgan fingerprint density at radius 3 is 0.963 bits per heavy atom. The molecule has 81 heavy (non-hydrogen) atoms. The van der Waals surface area contributed by atoms with Gasteiger partial charge in [0.25, 0.3) is 0 Å². The second-order valence-electron chi connectivity index (χ2n) is 22.3. The van der Waals surface area contributed by atoms with E-state index < -0.39 is 44.2 Å². The van der Waals surface area contributed by atoms with Crippen LogP contribution in [-0.2, 0) is 65.5 Å². The summed E-state index contributed by atoms with van der Waals surface area (Å²) in [5.41, 5.74) is 5.30. The van der Waals surface area contributed by atoms with Crippen molar-refractivity contribution >= 4 is 19.6 Å². The summed E-state index contributed by atoms with van der Waals surface area (Å²) in [6, 6.07) is 51.8. The van der Waals surface area contributed by atoms with Crippen molar-refractivity contribution in [2.45, 2.75) is 236 Å². The Labute approximate surface area is 493 Å². The summed E-state index contributed by atoms with van der Waals surface area (Å²) in [6.45, 7) is 4.07. The summed E-state index contributed by atoms with van der Waals surface area (Å²) in [5, 5.41) is 0.286. The molecule has 0 spiro atoms. The molecule has 1 aliphatic rings. The molecule has 9 nitrogen and oxygen atoms in total. The van der Waals surface area contributed by atoms with Crippen LogP contribution in [-0.4, -0.2) is 57.8 Å². The molecule has 2 N–H and O–H groups in total.